The second kappa shape index (κ2) is 13.4. The molecule has 0 saturated carbocycles. The summed E-state index contributed by atoms with van der Waals surface area (Å²) in [7, 11) is 0. The first-order chi connectivity index (χ1) is 29.3. The molecule has 0 spiro atoms. The van der Waals surface area contributed by atoms with Crippen molar-refractivity contribution in [2.45, 2.75) is 0 Å². The number of hydrogen-bond donors (Lipinski definition) is 0. The fraction of sp³-hybridized carbons (Fsp3) is 0. The summed E-state index contributed by atoms with van der Waals surface area (Å²) in [6, 6.07) is 81.9. The van der Waals surface area contributed by atoms with Gasteiger partial charge in [0.2, 0.25) is 0 Å². The fourth-order valence-corrected chi connectivity index (χ4v) is 9.57. The van der Waals surface area contributed by atoms with E-state index in [0.717, 1.165) is 34.0 Å². The molecule has 0 saturated heterocycles. The molecule has 12 rings (SSSR count). The molecular formula is C56H37N3. The minimum atomic E-state index is 1.11. The Labute approximate surface area is 342 Å². The topological polar surface area (TPSA) is 13.1 Å². The zero-order valence-corrected chi connectivity index (χ0v) is 32.2. The van der Waals surface area contributed by atoms with E-state index in [1.807, 2.05) is 0 Å². The zero-order valence-electron chi connectivity index (χ0n) is 32.2. The zero-order chi connectivity index (χ0) is 38.9. The van der Waals surface area contributed by atoms with Gasteiger partial charge in [0.1, 0.15) is 0 Å². The number of benzene rings is 9. The smallest absolute Gasteiger partial charge is 0.0641 e. The van der Waals surface area contributed by atoms with Crippen molar-refractivity contribution in [2.24, 2.45) is 0 Å². The molecule has 1 aliphatic rings. The van der Waals surface area contributed by atoms with Gasteiger partial charge in [0.25, 0.3) is 0 Å². The van der Waals surface area contributed by atoms with E-state index in [1.165, 1.54) is 71.8 Å². The number of para-hydroxylation sites is 6. The van der Waals surface area contributed by atoms with Crippen LogP contribution in [0, 0.1) is 0 Å². The van der Waals surface area contributed by atoms with Crippen LogP contribution in [0.2, 0.25) is 0 Å². The Balaban J connectivity index is 1.24. The highest BCUT2D eigenvalue weighted by Gasteiger charge is 2.33. The van der Waals surface area contributed by atoms with Crippen LogP contribution in [0.15, 0.2) is 224 Å². The van der Waals surface area contributed by atoms with Crippen LogP contribution in [0.1, 0.15) is 0 Å². The maximum atomic E-state index is 2.47. The number of nitrogens with zero attached hydrogens (tertiary/aromatic N) is 3. The minimum Gasteiger partial charge on any atom is -0.309 e. The van der Waals surface area contributed by atoms with Gasteiger partial charge < -0.3 is 14.0 Å². The Morgan fingerprint density at radius 3 is 1.47 bits per heavy atom. The SMILES string of the molecule is c1ccc(-c2cc(-c3cccc4c3-c3c(n(-c5ccccc5)c5ccccc35)-c3ccccc3N4c3ccccc3)cc(-n3c4ccccc4c4ccccc43)c2)cc1. The fourth-order valence-electron chi connectivity index (χ4n) is 9.57. The van der Waals surface area contributed by atoms with Crippen LogP contribution in [-0.4, -0.2) is 9.13 Å². The van der Waals surface area contributed by atoms with Gasteiger partial charge in [0, 0.05) is 49.9 Å². The first kappa shape index (κ1) is 33.3. The van der Waals surface area contributed by atoms with Crippen molar-refractivity contribution in [3.8, 4) is 56.0 Å². The lowest BCUT2D eigenvalue weighted by atomic mass is 9.89. The van der Waals surface area contributed by atoms with Gasteiger partial charge in [-0.25, -0.2) is 0 Å². The summed E-state index contributed by atoms with van der Waals surface area (Å²) in [5.74, 6) is 0. The van der Waals surface area contributed by atoms with Gasteiger partial charge in [-0.3, -0.25) is 0 Å². The van der Waals surface area contributed by atoms with Gasteiger partial charge in [-0.1, -0.05) is 152 Å². The third kappa shape index (κ3) is 5.15. The number of aromatic nitrogens is 2. The molecule has 0 unspecified atom stereocenters. The van der Waals surface area contributed by atoms with Gasteiger partial charge in [-0.15, -0.1) is 0 Å². The molecule has 3 heterocycles. The highest BCUT2D eigenvalue weighted by Crippen LogP contribution is 2.57. The van der Waals surface area contributed by atoms with Crippen molar-refractivity contribution in [1.82, 2.24) is 9.13 Å². The first-order valence-corrected chi connectivity index (χ1v) is 20.3. The minimum absolute atomic E-state index is 1.11. The number of hydrogen-bond acceptors (Lipinski definition) is 1. The molecule has 9 aromatic carbocycles. The molecule has 59 heavy (non-hydrogen) atoms. The van der Waals surface area contributed by atoms with Gasteiger partial charge in [-0.05, 0) is 95.1 Å². The second-order valence-electron chi connectivity index (χ2n) is 15.3. The molecule has 0 N–H and O–H groups in total. The van der Waals surface area contributed by atoms with E-state index in [1.54, 1.807) is 0 Å². The summed E-state index contributed by atoms with van der Waals surface area (Å²) in [5, 5.41) is 3.71. The second-order valence-corrected chi connectivity index (χ2v) is 15.3. The molecule has 0 bridgehead atoms. The van der Waals surface area contributed by atoms with Gasteiger partial charge in [-0.2, -0.15) is 0 Å². The first-order valence-electron chi connectivity index (χ1n) is 20.3. The summed E-state index contributed by atoms with van der Waals surface area (Å²) < 4.78 is 4.92. The third-order valence-electron chi connectivity index (χ3n) is 12.0. The van der Waals surface area contributed by atoms with Crippen molar-refractivity contribution in [3.05, 3.63) is 224 Å². The molecule has 3 nitrogen and oxygen atoms in total. The van der Waals surface area contributed by atoms with Gasteiger partial charge in [0.05, 0.1) is 33.6 Å². The van der Waals surface area contributed by atoms with Crippen LogP contribution in [0.3, 0.4) is 0 Å². The van der Waals surface area contributed by atoms with E-state index < -0.39 is 0 Å². The number of anilines is 3. The number of rotatable bonds is 5. The molecule has 2 aromatic heterocycles. The lowest BCUT2D eigenvalue weighted by molar-refractivity contribution is 1.13. The molecule has 276 valence electrons. The lowest BCUT2D eigenvalue weighted by Crippen LogP contribution is -2.11. The molecule has 0 fully saturated rings. The lowest BCUT2D eigenvalue weighted by Gasteiger charge is -2.28. The Morgan fingerprint density at radius 1 is 0.271 bits per heavy atom. The van der Waals surface area contributed by atoms with Crippen molar-refractivity contribution in [2.75, 3.05) is 4.90 Å². The predicted molar refractivity (Wildman–Crippen MR) is 248 cm³/mol. The van der Waals surface area contributed by atoms with Crippen molar-refractivity contribution in [1.29, 1.82) is 0 Å². The molecule has 0 atom stereocenters. The highest BCUT2D eigenvalue weighted by molar-refractivity contribution is 6.16. The van der Waals surface area contributed by atoms with E-state index in [2.05, 4.69) is 238 Å². The molecule has 0 amide bonds. The maximum Gasteiger partial charge on any atom is 0.0641 e. The summed E-state index contributed by atoms with van der Waals surface area (Å²) >= 11 is 0. The van der Waals surface area contributed by atoms with Crippen LogP contribution >= 0.6 is 0 Å². The number of fused-ring (bicyclic) bond motifs is 10. The van der Waals surface area contributed by atoms with Crippen LogP contribution in [0.5, 0.6) is 0 Å². The molecule has 11 aromatic rings. The largest absolute Gasteiger partial charge is 0.309 e. The van der Waals surface area contributed by atoms with Crippen molar-refractivity contribution < 1.29 is 0 Å². The maximum absolute atomic E-state index is 2.47. The average molecular weight is 752 g/mol. The summed E-state index contributed by atoms with van der Waals surface area (Å²) in [6.07, 6.45) is 0. The van der Waals surface area contributed by atoms with E-state index in [-0.39, 0.29) is 0 Å². The molecular weight excluding hydrogens is 715 g/mol. The van der Waals surface area contributed by atoms with E-state index in [0.29, 0.717) is 0 Å². The Hall–Kier alpha value is -7.88. The van der Waals surface area contributed by atoms with E-state index in [4.69, 9.17) is 0 Å². The van der Waals surface area contributed by atoms with Crippen LogP contribution in [0.25, 0.3) is 88.7 Å². The Bertz CT molecular complexity index is 3320. The van der Waals surface area contributed by atoms with Crippen LogP contribution < -0.4 is 4.90 Å². The van der Waals surface area contributed by atoms with Crippen LogP contribution in [0.4, 0.5) is 17.1 Å². The van der Waals surface area contributed by atoms with Crippen LogP contribution in [-0.2, 0) is 0 Å². The predicted octanol–water partition coefficient (Wildman–Crippen LogP) is 15.2. The normalized spacial score (nSPS) is 12.0. The standard InChI is InChI=1S/C56H37N3/c1-4-19-38(20-5-1)39-35-40(37-43(36-39)58-49-30-14-10-25-45(49)46-26-11-15-31-50(46)58)44-29-18-34-53-54(44)55-47-27-12-16-32-51(47)59(42-23-8-3-9-24-42)56(55)48-28-13-17-33-52(48)57(53)41-21-6-2-7-22-41/h1-37H. The average Bonchev–Trinajstić information content (AvgIpc) is 3.79. The van der Waals surface area contributed by atoms with E-state index >= 15 is 0 Å². The van der Waals surface area contributed by atoms with E-state index in [9.17, 15) is 0 Å². The quantitative estimate of drug-likeness (QED) is 0.171. The van der Waals surface area contributed by atoms with Crippen molar-refractivity contribution in [3.63, 3.8) is 0 Å². The molecule has 0 radical (unpaired) electrons. The highest BCUT2D eigenvalue weighted by atomic mass is 15.2. The van der Waals surface area contributed by atoms with Gasteiger partial charge in [0.15, 0.2) is 0 Å². The summed E-state index contributed by atoms with van der Waals surface area (Å²) in [5.41, 5.74) is 18.7. The monoisotopic (exact) mass is 751 g/mol. The Kier molecular flexibility index (Phi) is 7.54. The summed E-state index contributed by atoms with van der Waals surface area (Å²) in [6.45, 7) is 0. The molecule has 0 aliphatic carbocycles. The van der Waals surface area contributed by atoms with Gasteiger partial charge >= 0.3 is 0 Å². The third-order valence-corrected chi connectivity index (χ3v) is 12.0. The molecule has 1 aliphatic heterocycles. The summed E-state index contributed by atoms with van der Waals surface area (Å²) in [4.78, 5) is 2.47. The Morgan fingerprint density at radius 2 is 0.780 bits per heavy atom. The van der Waals surface area contributed by atoms with Crippen molar-refractivity contribution >= 4 is 49.8 Å². The molecule has 3 heteroatoms.